The normalized spacial score (nSPS) is 13.2. The highest BCUT2D eigenvalue weighted by Crippen LogP contribution is 2.38. The number of ether oxygens (including phenoxy) is 2. The monoisotopic (exact) mass is 550 g/mol. The largest absolute Gasteiger partial charge is 0.733 e. The van der Waals surface area contributed by atoms with Crippen LogP contribution in [0.25, 0.3) is 0 Å². The van der Waals surface area contributed by atoms with E-state index in [0.717, 1.165) is 24.3 Å². The smallest absolute Gasteiger partial charge is 0.434 e. The van der Waals surface area contributed by atoms with E-state index in [0.29, 0.717) is 0 Å². The lowest BCUT2D eigenvalue weighted by Crippen LogP contribution is -2.47. The average molecular weight is 550 g/mol. The van der Waals surface area contributed by atoms with Gasteiger partial charge in [0.15, 0.2) is 0 Å². The summed E-state index contributed by atoms with van der Waals surface area (Å²) in [6, 6.07) is -0.408. The van der Waals surface area contributed by atoms with E-state index in [-0.39, 0.29) is 11.4 Å². The summed E-state index contributed by atoms with van der Waals surface area (Å²) >= 11 is 0. The van der Waals surface area contributed by atoms with E-state index in [4.69, 9.17) is 5.21 Å². The van der Waals surface area contributed by atoms with E-state index in [2.05, 4.69) is 24.4 Å². The Morgan fingerprint density at radius 3 is 1.36 bits per heavy atom. The summed E-state index contributed by atoms with van der Waals surface area (Å²) in [6.07, 6.45) is -33.9. The van der Waals surface area contributed by atoms with Gasteiger partial charge in [0.05, 0.1) is 5.69 Å². The maximum Gasteiger partial charge on any atom is 0.434 e. The van der Waals surface area contributed by atoms with Crippen LogP contribution in [-0.2, 0) is 0 Å². The summed E-state index contributed by atoms with van der Waals surface area (Å²) in [4.78, 5) is 8.49. The van der Waals surface area contributed by atoms with Gasteiger partial charge in [-0.15, -0.1) is 4.98 Å². The molecule has 0 amide bonds. The zero-order valence-corrected chi connectivity index (χ0v) is 16.5. The first-order chi connectivity index (χ1) is 16.2. The van der Waals surface area contributed by atoms with Gasteiger partial charge in [-0.25, -0.2) is 0 Å². The molecule has 2 N–H and O–H groups in total. The van der Waals surface area contributed by atoms with Gasteiger partial charge in [-0.3, -0.25) is 5.21 Å². The molecule has 202 valence electrons. The summed E-state index contributed by atoms with van der Waals surface area (Å²) in [5, 5.41) is 20.9. The Hall–Kier alpha value is -3.49. The van der Waals surface area contributed by atoms with Crippen molar-refractivity contribution in [1.29, 1.82) is 0 Å². The fraction of sp³-hybridized carbons (Fsp3) is 0.400. The van der Waals surface area contributed by atoms with Crippen LogP contribution in [0.3, 0.4) is 0 Å². The van der Waals surface area contributed by atoms with E-state index in [1.54, 1.807) is 0 Å². The molecule has 0 bridgehead atoms. The van der Waals surface area contributed by atoms with Crippen LogP contribution in [-0.4, -0.2) is 57.1 Å². The Morgan fingerprint density at radius 1 is 0.694 bits per heavy atom. The van der Waals surface area contributed by atoms with Crippen molar-refractivity contribution in [3.05, 3.63) is 29.5 Å². The van der Waals surface area contributed by atoms with Crippen molar-refractivity contribution in [3.63, 3.8) is 0 Å². The number of alkyl halides is 12. The van der Waals surface area contributed by atoms with Gasteiger partial charge in [0.25, 0.3) is 12.2 Å². The summed E-state index contributed by atoms with van der Waals surface area (Å²) < 4.78 is 160. The van der Waals surface area contributed by atoms with Crippen molar-refractivity contribution in [1.82, 2.24) is 15.0 Å². The third-order valence-electron chi connectivity index (χ3n) is 3.57. The molecule has 0 radical (unpaired) electrons. The number of hydrogen-bond donors (Lipinski definition) is 2. The van der Waals surface area contributed by atoms with E-state index >= 15 is 0 Å². The van der Waals surface area contributed by atoms with Crippen LogP contribution in [0.15, 0.2) is 24.3 Å². The minimum Gasteiger partial charge on any atom is -0.733 e. The zero-order chi connectivity index (χ0) is 27.7. The van der Waals surface area contributed by atoms with Crippen molar-refractivity contribution < 1.29 is 67.4 Å². The number of rotatable bonds is 7. The Balaban J connectivity index is 2.53. The second kappa shape index (κ2) is 9.87. The Labute approximate surface area is 189 Å². The maximum atomic E-state index is 12.8. The zero-order valence-electron chi connectivity index (χ0n) is 16.5. The topological polar surface area (TPSA) is 116 Å². The van der Waals surface area contributed by atoms with Gasteiger partial charge >= 0.3 is 36.7 Å². The Bertz CT molecular complexity index is 944. The van der Waals surface area contributed by atoms with Crippen molar-refractivity contribution in [2.24, 2.45) is 0 Å². The first-order valence-corrected chi connectivity index (χ1v) is 8.57. The average Bonchev–Trinajstić information content (AvgIpc) is 2.67. The quantitative estimate of drug-likeness (QED) is 0.361. The summed E-state index contributed by atoms with van der Waals surface area (Å²) in [6.45, 7) is 0. The molecule has 1 heterocycles. The molecule has 2 rings (SSSR count). The SMILES string of the molecule is [O-]N(O)c1ccc(Nc2nc(OC(C(F)(F)F)C(F)(F)F)nc(OC(C(F)(F)F)C(F)(F)F)n2)cc1. The molecule has 0 aliphatic rings. The Kier molecular flexibility index (Phi) is 7.88. The van der Waals surface area contributed by atoms with Crippen molar-refractivity contribution in [2.75, 3.05) is 10.5 Å². The first-order valence-electron chi connectivity index (χ1n) is 8.57. The molecule has 2 aromatic rings. The molecular formula is C15H8F12N5O4-. The van der Waals surface area contributed by atoms with Crippen LogP contribution < -0.4 is 20.0 Å². The summed E-state index contributed by atoms with van der Waals surface area (Å²) in [7, 11) is 0. The van der Waals surface area contributed by atoms with E-state index in [1.807, 2.05) is 5.32 Å². The molecule has 0 spiro atoms. The minimum atomic E-state index is -6.16. The molecule has 1 aromatic heterocycles. The number of halogens is 12. The molecule has 36 heavy (non-hydrogen) atoms. The van der Waals surface area contributed by atoms with Crippen molar-refractivity contribution in [3.8, 4) is 12.0 Å². The fourth-order valence-electron chi connectivity index (χ4n) is 2.15. The predicted molar refractivity (Wildman–Crippen MR) is 90.2 cm³/mol. The van der Waals surface area contributed by atoms with Crippen LogP contribution in [0, 0.1) is 5.21 Å². The Morgan fingerprint density at radius 2 is 1.06 bits per heavy atom. The number of hydrogen-bond acceptors (Lipinski definition) is 9. The van der Waals surface area contributed by atoms with Crippen LogP contribution >= 0.6 is 0 Å². The van der Waals surface area contributed by atoms with Crippen molar-refractivity contribution >= 4 is 17.3 Å². The molecular weight excluding hydrogens is 542 g/mol. The number of aromatic nitrogens is 3. The van der Waals surface area contributed by atoms with Crippen LogP contribution in [0.5, 0.6) is 12.0 Å². The lowest BCUT2D eigenvalue weighted by Gasteiger charge is -2.24. The molecule has 0 aliphatic heterocycles. The molecule has 0 fully saturated rings. The molecule has 21 heteroatoms. The molecule has 0 aliphatic carbocycles. The second-order valence-corrected chi connectivity index (χ2v) is 6.33. The minimum absolute atomic E-state index is 0.268. The van der Waals surface area contributed by atoms with Crippen LogP contribution in [0.4, 0.5) is 70.0 Å². The van der Waals surface area contributed by atoms with Crippen molar-refractivity contribution in [2.45, 2.75) is 36.9 Å². The highest BCUT2D eigenvalue weighted by atomic mass is 19.4. The molecule has 0 atom stereocenters. The first kappa shape index (κ1) is 28.7. The third kappa shape index (κ3) is 7.76. The summed E-state index contributed by atoms with van der Waals surface area (Å²) in [5.74, 6) is -1.23. The maximum absolute atomic E-state index is 12.8. The van der Waals surface area contributed by atoms with Gasteiger partial charge in [0.1, 0.15) is 0 Å². The second-order valence-electron chi connectivity index (χ2n) is 6.33. The molecule has 0 saturated carbocycles. The number of nitrogens with one attached hydrogen (secondary N) is 1. The summed E-state index contributed by atoms with van der Waals surface area (Å²) in [5.41, 5.74) is -0.657. The van der Waals surface area contributed by atoms with Gasteiger partial charge in [-0.2, -0.15) is 62.7 Å². The highest BCUT2D eigenvalue weighted by molar-refractivity contribution is 5.58. The highest BCUT2D eigenvalue weighted by Gasteiger charge is 2.61. The van der Waals surface area contributed by atoms with Gasteiger partial charge in [-0.1, -0.05) is 0 Å². The van der Waals surface area contributed by atoms with Gasteiger partial charge in [0, 0.05) is 5.69 Å². The van der Waals surface area contributed by atoms with E-state index in [9.17, 15) is 57.9 Å². The number of nitrogens with zero attached hydrogens (tertiary/aromatic N) is 4. The lowest BCUT2D eigenvalue weighted by atomic mass is 10.3. The lowest BCUT2D eigenvalue weighted by molar-refractivity contribution is -0.302. The predicted octanol–water partition coefficient (Wildman–Crippen LogP) is 5.05. The molecule has 0 unspecified atom stereocenters. The molecule has 1 aromatic carbocycles. The number of anilines is 3. The number of benzene rings is 1. The van der Waals surface area contributed by atoms with E-state index < -0.39 is 60.1 Å². The standard InChI is InChI=1S/C15H8F12N5O4/c16-12(17,18)7(13(19,20)21)35-10-29-9(28-5-1-3-6(4-2-5)32(33)34)30-11(31-10)36-8(14(22,23)24)15(25,26)27/h1-4,7-8,33H,(H,28,29,30,31)/q-1. The fourth-order valence-corrected chi connectivity index (χ4v) is 2.15. The van der Waals surface area contributed by atoms with Gasteiger partial charge in [0.2, 0.25) is 5.95 Å². The van der Waals surface area contributed by atoms with Gasteiger partial charge in [-0.05, 0) is 24.3 Å². The van der Waals surface area contributed by atoms with Crippen LogP contribution in [0.2, 0.25) is 0 Å². The molecule has 0 saturated heterocycles. The van der Waals surface area contributed by atoms with Gasteiger partial charge < -0.3 is 25.2 Å². The van der Waals surface area contributed by atoms with Crippen LogP contribution in [0.1, 0.15) is 0 Å². The third-order valence-corrected chi connectivity index (χ3v) is 3.57. The molecule has 9 nitrogen and oxygen atoms in total. The van der Waals surface area contributed by atoms with E-state index in [1.165, 1.54) is 0 Å².